The highest BCUT2D eigenvalue weighted by atomic mass is 16.5. The summed E-state index contributed by atoms with van der Waals surface area (Å²) in [5.41, 5.74) is 0. The minimum atomic E-state index is -1.22. The van der Waals surface area contributed by atoms with E-state index in [-0.39, 0.29) is 6.61 Å². The van der Waals surface area contributed by atoms with Gasteiger partial charge in [-0.05, 0) is 0 Å². The molecule has 10 heavy (non-hydrogen) atoms. The van der Waals surface area contributed by atoms with Crippen molar-refractivity contribution in [2.24, 2.45) is 0 Å². The van der Waals surface area contributed by atoms with Gasteiger partial charge in [0.2, 0.25) is 0 Å². The van der Waals surface area contributed by atoms with Gasteiger partial charge in [0.25, 0.3) is 0 Å². The van der Waals surface area contributed by atoms with Crippen molar-refractivity contribution >= 4 is 5.97 Å². The van der Waals surface area contributed by atoms with E-state index in [1.54, 1.807) is 0 Å². The van der Waals surface area contributed by atoms with Gasteiger partial charge < -0.3 is 9.84 Å². The summed E-state index contributed by atoms with van der Waals surface area (Å²) in [4.78, 5) is 10.5. The molecule has 3 heteroatoms. The van der Waals surface area contributed by atoms with Crippen LogP contribution in [-0.4, -0.2) is 23.8 Å². The van der Waals surface area contributed by atoms with Crippen LogP contribution in [0.5, 0.6) is 0 Å². The molecular formula is C7H10O3. The lowest BCUT2D eigenvalue weighted by atomic mass is 10.4. The van der Waals surface area contributed by atoms with Crippen LogP contribution in [0.25, 0.3) is 0 Å². The molecule has 0 radical (unpaired) electrons. The molecule has 0 unspecified atom stereocenters. The highest BCUT2D eigenvalue weighted by Crippen LogP contribution is 1.88. The third kappa shape index (κ3) is 3.04. The first-order valence-electron chi connectivity index (χ1n) is 2.80. The Kier molecular flexibility index (Phi) is 4.24. The van der Waals surface area contributed by atoms with Crippen molar-refractivity contribution in [1.82, 2.24) is 0 Å². The summed E-state index contributed by atoms with van der Waals surface area (Å²) in [6.45, 7) is 6.66. The summed E-state index contributed by atoms with van der Waals surface area (Å²) in [6, 6.07) is 0. The van der Waals surface area contributed by atoms with Crippen LogP contribution in [-0.2, 0) is 9.53 Å². The summed E-state index contributed by atoms with van der Waals surface area (Å²) in [7, 11) is 0. The van der Waals surface area contributed by atoms with E-state index < -0.39 is 12.1 Å². The summed E-state index contributed by atoms with van der Waals surface area (Å²) in [5, 5.41) is 8.73. The van der Waals surface area contributed by atoms with Gasteiger partial charge in [0, 0.05) is 0 Å². The van der Waals surface area contributed by atoms with E-state index in [0.29, 0.717) is 0 Å². The molecule has 3 nitrogen and oxygen atoms in total. The van der Waals surface area contributed by atoms with Crippen LogP contribution in [0, 0.1) is 0 Å². The second-order valence-electron chi connectivity index (χ2n) is 1.60. The molecule has 0 saturated heterocycles. The molecule has 56 valence electrons. The SMILES string of the molecule is C=CCOC(=O)[C@@H](O)C=C. The van der Waals surface area contributed by atoms with E-state index in [9.17, 15) is 4.79 Å². The first kappa shape index (κ1) is 8.91. The van der Waals surface area contributed by atoms with E-state index >= 15 is 0 Å². The highest BCUT2D eigenvalue weighted by Gasteiger charge is 2.10. The van der Waals surface area contributed by atoms with Crippen LogP contribution in [0.1, 0.15) is 0 Å². The molecule has 0 rings (SSSR count). The Hall–Kier alpha value is -1.09. The van der Waals surface area contributed by atoms with Crippen LogP contribution in [0.4, 0.5) is 0 Å². The lowest BCUT2D eigenvalue weighted by Gasteiger charge is -2.02. The van der Waals surface area contributed by atoms with Gasteiger partial charge in [-0.3, -0.25) is 0 Å². The number of carbonyl (C=O) groups excluding carboxylic acids is 1. The molecule has 0 aliphatic carbocycles. The van der Waals surface area contributed by atoms with Gasteiger partial charge in [-0.25, -0.2) is 4.79 Å². The molecule has 0 saturated carbocycles. The summed E-state index contributed by atoms with van der Waals surface area (Å²) < 4.78 is 4.47. The van der Waals surface area contributed by atoms with Crippen molar-refractivity contribution < 1.29 is 14.6 Å². The minimum Gasteiger partial charge on any atom is -0.459 e. The Balaban J connectivity index is 3.61. The first-order valence-corrected chi connectivity index (χ1v) is 2.80. The van der Waals surface area contributed by atoms with Gasteiger partial charge in [0.1, 0.15) is 6.61 Å². The molecule has 0 fully saturated rings. The maximum atomic E-state index is 10.5. The third-order valence-corrected chi connectivity index (χ3v) is 0.808. The van der Waals surface area contributed by atoms with Gasteiger partial charge >= 0.3 is 5.97 Å². The van der Waals surface area contributed by atoms with Crippen LogP contribution in [0.15, 0.2) is 25.3 Å². The Morgan fingerprint density at radius 1 is 1.70 bits per heavy atom. The van der Waals surface area contributed by atoms with Crippen molar-refractivity contribution in [2.75, 3.05) is 6.61 Å². The Morgan fingerprint density at radius 3 is 2.70 bits per heavy atom. The molecule has 0 aliphatic rings. The number of rotatable bonds is 4. The van der Waals surface area contributed by atoms with E-state index in [1.807, 2.05) is 0 Å². The Bertz CT molecular complexity index is 140. The zero-order chi connectivity index (χ0) is 7.98. The summed E-state index contributed by atoms with van der Waals surface area (Å²) >= 11 is 0. The smallest absolute Gasteiger partial charge is 0.339 e. The Labute approximate surface area is 59.6 Å². The third-order valence-electron chi connectivity index (χ3n) is 0.808. The van der Waals surface area contributed by atoms with Crippen molar-refractivity contribution in [3.63, 3.8) is 0 Å². The number of hydrogen-bond acceptors (Lipinski definition) is 3. The quantitative estimate of drug-likeness (QED) is 0.452. The van der Waals surface area contributed by atoms with Gasteiger partial charge in [-0.15, -0.1) is 0 Å². The second kappa shape index (κ2) is 4.76. The van der Waals surface area contributed by atoms with E-state index in [4.69, 9.17) is 5.11 Å². The van der Waals surface area contributed by atoms with Gasteiger partial charge in [0.05, 0.1) is 0 Å². The molecule has 0 spiro atoms. The molecule has 0 aliphatic heterocycles. The van der Waals surface area contributed by atoms with Crippen LogP contribution in [0.3, 0.4) is 0 Å². The molecule has 1 atom stereocenters. The number of aliphatic hydroxyl groups is 1. The van der Waals surface area contributed by atoms with Crippen LogP contribution in [0.2, 0.25) is 0 Å². The lowest BCUT2D eigenvalue weighted by molar-refractivity contribution is -0.149. The lowest BCUT2D eigenvalue weighted by Crippen LogP contribution is -2.20. The number of aliphatic hydroxyl groups excluding tert-OH is 1. The molecule has 1 N–H and O–H groups in total. The molecule has 0 bridgehead atoms. The highest BCUT2D eigenvalue weighted by molar-refractivity contribution is 5.76. The van der Waals surface area contributed by atoms with E-state index in [1.165, 1.54) is 6.08 Å². The van der Waals surface area contributed by atoms with Crippen molar-refractivity contribution in [2.45, 2.75) is 6.10 Å². The van der Waals surface area contributed by atoms with Crippen molar-refractivity contribution in [1.29, 1.82) is 0 Å². The van der Waals surface area contributed by atoms with Crippen molar-refractivity contribution in [3.8, 4) is 0 Å². The maximum Gasteiger partial charge on any atom is 0.339 e. The minimum absolute atomic E-state index is 0.115. The number of carbonyl (C=O) groups is 1. The van der Waals surface area contributed by atoms with E-state index in [2.05, 4.69) is 17.9 Å². The predicted molar refractivity (Wildman–Crippen MR) is 37.4 cm³/mol. The fourth-order valence-corrected chi connectivity index (χ4v) is 0.323. The Morgan fingerprint density at radius 2 is 2.30 bits per heavy atom. The number of ether oxygens (including phenoxy) is 1. The summed E-state index contributed by atoms with van der Waals surface area (Å²) in [5.74, 6) is -0.699. The van der Waals surface area contributed by atoms with Gasteiger partial charge in [0.15, 0.2) is 6.10 Å². The molecule has 0 aromatic heterocycles. The average molecular weight is 142 g/mol. The normalized spacial score (nSPS) is 11.7. The van der Waals surface area contributed by atoms with Gasteiger partial charge in [-0.2, -0.15) is 0 Å². The average Bonchev–Trinajstić information content (AvgIpc) is 1.98. The molecule has 0 aromatic rings. The zero-order valence-corrected chi connectivity index (χ0v) is 5.62. The standard InChI is InChI=1S/C7H10O3/c1-3-5-10-7(9)6(8)4-2/h3-4,6,8H,1-2,5H2/t6-/m0/s1. The van der Waals surface area contributed by atoms with Crippen molar-refractivity contribution in [3.05, 3.63) is 25.3 Å². The van der Waals surface area contributed by atoms with Gasteiger partial charge in [-0.1, -0.05) is 25.3 Å². The molecule has 0 amide bonds. The predicted octanol–water partition coefficient (Wildman–Crippen LogP) is 0.263. The second-order valence-corrected chi connectivity index (χ2v) is 1.60. The monoisotopic (exact) mass is 142 g/mol. The molecule has 0 heterocycles. The topological polar surface area (TPSA) is 46.5 Å². The largest absolute Gasteiger partial charge is 0.459 e. The molecular weight excluding hydrogens is 132 g/mol. The maximum absolute atomic E-state index is 10.5. The fraction of sp³-hybridized carbons (Fsp3) is 0.286. The van der Waals surface area contributed by atoms with E-state index in [0.717, 1.165) is 6.08 Å². The summed E-state index contributed by atoms with van der Waals surface area (Å²) in [6.07, 6.45) is 1.30. The zero-order valence-electron chi connectivity index (χ0n) is 5.62. The number of hydrogen-bond donors (Lipinski definition) is 1. The number of esters is 1. The van der Waals surface area contributed by atoms with Crippen LogP contribution < -0.4 is 0 Å². The first-order chi connectivity index (χ1) is 4.72. The van der Waals surface area contributed by atoms with Crippen LogP contribution >= 0.6 is 0 Å². The fourth-order valence-electron chi connectivity index (χ4n) is 0.323. The molecule has 0 aromatic carbocycles.